The third kappa shape index (κ3) is 3.95. The normalized spacial score (nSPS) is 18.2. The third-order valence-corrected chi connectivity index (χ3v) is 6.29. The molecular formula is C27H28N2O6. The molecule has 0 amide bonds. The number of fused-ring (bicyclic) bond motifs is 3. The maximum absolute atomic E-state index is 10.6. The highest BCUT2D eigenvalue weighted by atomic mass is 16.5. The molecule has 0 aliphatic carbocycles. The zero-order chi connectivity index (χ0) is 24.5. The number of nitrogens with zero attached hydrogens (tertiary/aromatic N) is 2. The first-order chi connectivity index (χ1) is 17.1. The lowest BCUT2D eigenvalue weighted by Crippen LogP contribution is -2.33. The summed E-state index contributed by atoms with van der Waals surface area (Å²) in [7, 11) is 4.84. The first-order valence-corrected chi connectivity index (χ1v) is 11.4. The number of hydrazone groups is 1. The van der Waals surface area contributed by atoms with Crippen molar-refractivity contribution in [3.8, 4) is 34.5 Å². The predicted octanol–water partition coefficient (Wildman–Crippen LogP) is 5.06. The number of para-hydroxylation sites is 1. The number of phenols is 1. The van der Waals surface area contributed by atoms with Crippen molar-refractivity contribution < 1.29 is 28.8 Å². The average molecular weight is 477 g/mol. The Kier molecular flexibility index (Phi) is 6.03. The van der Waals surface area contributed by atoms with E-state index in [4.69, 9.17) is 28.8 Å². The van der Waals surface area contributed by atoms with Crippen LogP contribution in [0.2, 0.25) is 0 Å². The fourth-order valence-electron chi connectivity index (χ4n) is 4.61. The molecule has 8 heteroatoms. The Morgan fingerprint density at radius 3 is 2.54 bits per heavy atom. The van der Waals surface area contributed by atoms with Crippen LogP contribution >= 0.6 is 0 Å². The molecule has 5 rings (SSSR count). The number of aromatic hydroxyl groups is 1. The second kappa shape index (κ2) is 9.29. The molecule has 2 aliphatic heterocycles. The van der Waals surface area contributed by atoms with Gasteiger partial charge in [-0.2, -0.15) is 5.10 Å². The van der Waals surface area contributed by atoms with Crippen LogP contribution in [0.3, 0.4) is 0 Å². The fourth-order valence-corrected chi connectivity index (χ4v) is 4.61. The lowest BCUT2D eigenvalue weighted by atomic mass is 9.95. The highest BCUT2D eigenvalue weighted by Crippen LogP contribution is 2.51. The van der Waals surface area contributed by atoms with Crippen molar-refractivity contribution in [1.82, 2.24) is 5.01 Å². The fraction of sp³-hybridized carbons (Fsp3) is 0.296. The number of hydrogen-bond acceptors (Lipinski definition) is 8. The molecule has 2 aliphatic rings. The number of rotatable bonds is 7. The van der Waals surface area contributed by atoms with Crippen molar-refractivity contribution >= 4 is 5.71 Å². The van der Waals surface area contributed by atoms with Crippen molar-refractivity contribution in [2.75, 3.05) is 27.9 Å². The average Bonchev–Trinajstić information content (AvgIpc) is 3.34. The molecule has 35 heavy (non-hydrogen) atoms. The highest BCUT2D eigenvalue weighted by Gasteiger charge is 2.42. The van der Waals surface area contributed by atoms with E-state index < -0.39 is 6.23 Å². The first kappa shape index (κ1) is 22.7. The predicted molar refractivity (Wildman–Crippen MR) is 131 cm³/mol. The summed E-state index contributed by atoms with van der Waals surface area (Å²) in [6.45, 7) is 2.46. The van der Waals surface area contributed by atoms with Crippen LogP contribution in [-0.4, -0.2) is 43.8 Å². The van der Waals surface area contributed by atoms with E-state index in [-0.39, 0.29) is 11.8 Å². The van der Waals surface area contributed by atoms with Gasteiger partial charge < -0.3 is 28.8 Å². The Morgan fingerprint density at radius 1 is 0.971 bits per heavy atom. The summed E-state index contributed by atoms with van der Waals surface area (Å²) in [6.07, 6.45) is 0.0354. The number of methoxy groups -OCH3 is 3. The van der Waals surface area contributed by atoms with E-state index in [0.717, 1.165) is 16.8 Å². The summed E-state index contributed by atoms with van der Waals surface area (Å²) < 4.78 is 28.8. The number of phenolic OH excluding ortho intramolecular Hbond substituents is 1. The topological polar surface area (TPSA) is 82.0 Å². The van der Waals surface area contributed by atoms with Gasteiger partial charge in [0, 0.05) is 23.1 Å². The second-order valence-corrected chi connectivity index (χ2v) is 8.22. The molecule has 0 aromatic heterocycles. The van der Waals surface area contributed by atoms with Crippen LogP contribution in [0.4, 0.5) is 0 Å². The van der Waals surface area contributed by atoms with Gasteiger partial charge in [0.15, 0.2) is 23.0 Å². The van der Waals surface area contributed by atoms with E-state index in [1.54, 1.807) is 39.5 Å². The van der Waals surface area contributed by atoms with Crippen LogP contribution in [-0.2, 0) is 0 Å². The number of ether oxygens (including phenoxy) is 5. The Morgan fingerprint density at radius 2 is 1.80 bits per heavy atom. The number of hydrogen-bond donors (Lipinski definition) is 1. The molecule has 0 spiro atoms. The molecule has 0 saturated heterocycles. The van der Waals surface area contributed by atoms with Gasteiger partial charge in [-0.25, -0.2) is 5.01 Å². The van der Waals surface area contributed by atoms with Crippen molar-refractivity contribution in [2.24, 2.45) is 5.10 Å². The van der Waals surface area contributed by atoms with Gasteiger partial charge in [-0.3, -0.25) is 0 Å². The molecular weight excluding hydrogens is 448 g/mol. The Bertz CT molecular complexity index is 1270. The van der Waals surface area contributed by atoms with E-state index in [2.05, 4.69) is 0 Å². The van der Waals surface area contributed by atoms with Crippen molar-refractivity contribution in [1.29, 1.82) is 0 Å². The lowest BCUT2D eigenvalue weighted by Gasteiger charge is -2.38. The van der Waals surface area contributed by atoms with Gasteiger partial charge in [0.2, 0.25) is 6.23 Å². The Balaban J connectivity index is 1.62. The van der Waals surface area contributed by atoms with Crippen LogP contribution in [0.15, 0.2) is 59.7 Å². The second-order valence-electron chi connectivity index (χ2n) is 8.22. The summed E-state index contributed by atoms with van der Waals surface area (Å²) in [5.41, 5.74) is 3.20. The van der Waals surface area contributed by atoms with Crippen LogP contribution in [0, 0.1) is 0 Å². The molecule has 182 valence electrons. The van der Waals surface area contributed by atoms with E-state index in [1.807, 2.05) is 48.3 Å². The molecule has 8 nitrogen and oxygen atoms in total. The van der Waals surface area contributed by atoms with Gasteiger partial charge in [0.1, 0.15) is 11.5 Å². The molecule has 3 aromatic rings. The summed E-state index contributed by atoms with van der Waals surface area (Å²) >= 11 is 0. The minimum absolute atomic E-state index is 0.114. The van der Waals surface area contributed by atoms with Gasteiger partial charge in [-0.15, -0.1) is 0 Å². The van der Waals surface area contributed by atoms with Crippen LogP contribution in [0.5, 0.6) is 34.5 Å². The standard InChI is InChI=1S/C27H28N2O6/c1-5-34-23-12-9-16(13-25(23)33-4)27-29-21(18-7-6-8-24(32-3)26(18)35-27)15-20(28-29)19-14-17(31-2)10-11-22(19)30/h6-14,21,27,30H,5,15H2,1-4H3. The summed E-state index contributed by atoms with van der Waals surface area (Å²) in [5, 5.41) is 17.5. The van der Waals surface area contributed by atoms with Gasteiger partial charge >= 0.3 is 0 Å². The zero-order valence-electron chi connectivity index (χ0n) is 20.1. The molecule has 0 saturated carbocycles. The first-order valence-electron chi connectivity index (χ1n) is 11.4. The SMILES string of the molecule is CCOc1ccc(C2Oc3c(OC)cccc3C3CC(c4cc(OC)ccc4O)=NN32)cc1OC. The summed E-state index contributed by atoms with van der Waals surface area (Å²) in [5.74, 6) is 3.41. The maximum Gasteiger partial charge on any atom is 0.214 e. The van der Waals surface area contributed by atoms with Crippen LogP contribution in [0.1, 0.15) is 42.3 Å². The molecule has 0 fully saturated rings. The van der Waals surface area contributed by atoms with Crippen molar-refractivity contribution in [2.45, 2.75) is 25.6 Å². The summed E-state index contributed by atoms with van der Waals surface area (Å²) in [4.78, 5) is 0. The largest absolute Gasteiger partial charge is 0.507 e. The monoisotopic (exact) mass is 476 g/mol. The van der Waals surface area contributed by atoms with E-state index >= 15 is 0 Å². The molecule has 2 unspecified atom stereocenters. The molecule has 1 N–H and O–H groups in total. The Hall–Kier alpha value is -4.07. The minimum atomic E-state index is -0.543. The highest BCUT2D eigenvalue weighted by molar-refractivity contribution is 6.04. The molecule has 0 radical (unpaired) electrons. The van der Waals surface area contributed by atoms with E-state index in [9.17, 15) is 5.11 Å². The Labute approximate surface area is 204 Å². The van der Waals surface area contributed by atoms with Crippen molar-refractivity contribution in [3.63, 3.8) is 0 Å². The van der Waals surface area contributed by atoms with Crippen molar-refractivity contribution in [3.05, 3.63) is 71.3 Å². The lowest BCUT2D eigenvalue weighted by molar-refractivity contribution is -0.0210. The minimum Gasteiger partial charge on any atom is -0.507 e. The van der Waals surface area contributed by atoms with Crippen LogP contribution in [0.25, 0.3) is 0 Å². The summed E-state index contributed by atoms with van der Waals surface area (Å²) in [6, 6.07) is 16.6. The van der Waals surface area contributed by atoms with Gasteiger partial charge in [0.25, 0.3) is 0 Å². The molecule has 2 heterocycles. The number of benzene rings is 3. The van der Waals surface area contributed by atoms with Gasteiger partial charge in [0.05, 0.1) is 39.7 Å². The zero-order valence-corrected chi connectivity index (χ0v) is 20.1. The molecule has 3 aromatic carbocycles. The van der Waals surface area contributed by atoms with Gasteiger partial charge in [-0.1, -0.05) is 12.1 Å². The quantitative estimate of drug-likeness (QED) is 0.510. The molecule has 0 bridgehead atoms. The van der Waals surface area contributed by atoms with Gasteiger partial charge in [-0.05, 0) is 49.4 Å². The van der Waals surface area contributed by atoms with E-state index in [1.165, 1.54) is 0 Å². The maximum atomic E-state index is 10.6. The smallest absolute Gasteiger partial charge is 0.214 e. The third-order valence-electron chi connectivity index (χ3n) is 6.29. The molecule has 2 atom stereocenters. The van der Waals surface area contributed by atoms with E-state index in [0.29, 0.717) is 47.3 Å². The van der Waals surface area contributed by atoms with Crippen LogP contribution < -0.4 is 23.7 Å².